The van der Waals surface area contributed by atoms with Crippen LogP contribution in [0.3, 0.4) is 0 Å². The first-order valence-electron chi connectivity index (χ1n) is 5.50. The van der Waals surface area contributed by atoms with Crippen molar-refractivity contribution in [1.82, 2.24) is 0 Å². The van der Waals surface area contributed by atoms with E-state index >= 15 is 0 Å². The van der Waals surface area contributed by atoms with Crippen molar-refractivity contribution in [3.05, 3.63) is 18.2 Å². The number of rotatable bonds is 7. The average Bonchev–Trinajstić information content (AvgIpc) is 2.63. The molecule has 0 N–H and O–H groups in total. The lowest BCUT2D eigenvalue weighted by Crippen LogP contribution is -1.86. The lowest BCUT2D eigenvalue weighted by molar-refractivity contribution is 0.597. The van der Waals surface area contributed by atoms with Gasteiger partial charge >= 0.3 is 0 Å². The third-order valence-electron chi connectivity index (χ3n) is 2.40. The molecule has 0 aromatic carbocycles. The number of hydrogen-bond acceptors (Lipinski definition) is 1. The first-order valence-corrected chi connectivity index (χ1v) is 5.50. The molecule has 1 nitrogen and oxygen atoms in total. The van der Waals surface area contributed by atoms with Gasteiger partial charge < -0.3 is 0 Å². The molecule has 13 heavy (non-hydrogen) atoms. The minimum atomic E-state index is 1.17. The molecule has 1 aliphatic heterocycles. The maximum Gasteiger partial charge on any atom is 0.108 e. The lowest BCUT2D eigenvalue weighted by atomic mass is 10.1. The quantitative estimate of drug-likeness (QED) is 0.524. The monoisotopic (exact) mass is 178 g/mol. The van der Waals surface area contributed by atoms with Gasteiger partial charge in [-0.05, 0) is 12.5 Å². The van der Waals surface area contributed by atoms with E-state index in [1.807, 2.05) is 12.3 Å². The Balaban J connectivity index is 1.84. The van der Waals surface area contributed by atoms with Crippen molar-refractivity contribution in [2.45, 2.75) is 51.9 Å². The molecule has 73 valence electrons. The van der Waals surface area contributed by atoms with Crippen LogP contribution in [0.2, 0.25) is 0 Å². The third-order valence-corrected chi connectivity index (χ3v) is 2.40. The summed E-state index contributed by atoms with van der Waals surface area (Å²) in [5.74, 6) is 0. The van der Waals surface area contributed by atoms with Crippen LogP contribution in [0.5, 0.6) is 0 Å². The standard InChI is InChI=1S/C12H20N/c1-2-3-4-5-6-7-9-12-10-8-11-13-12/h8,10-11H,2-7,9H2,1H3. The van der Waals surface area contributed by atoms with Crippen molar-refractivity contribution >= 4 is 6.21 Å². The van der Waals surface area contributed by atoms with E-state index in [4.69, 9.17) is 0 Å². The molecule has 0 unspecified atom stereocenters. The molecular weight excluding hydrogens is 158 g/mol. The largest absolute Gasteiger partial charge is 0.279 e. The van der Waals surface area contributed by atoms with Gasteiger partial charge in [0.2, 0.25) is 0 Å². The Kier molecular flexibility index (Phi) is 5.55. The maximum absolute atomic E-state index is 4.25. The Labute approximate surface area is 82.0 Å². The fourth-order valence-corrected chi connectivity index (χ4v) is 1.57. The van der Waals surface area contributed by atoms with Gasteiger partial charge in [0.1, 0.15) is 6.04 Å². The Morgan fingerprint density at radius 3 is 2.54 bits per heavy atom. The molecular formula is C12H20N. The second kappa shape index (κ2) is 6.88. The van der Waals surface area contributed by atoms with Gasteiger partial charge in [-0.15, -0.1) is 0 Å². The molecule has 0 spiro atoms. The molecule has 0 saturated carbocycles. The second-order valence-electron chi connectivity index (χ2n) is 3.65. The van der Waals surface area contributed by atoms with E-state index < -0.39 is 0 Å². The highest BCUT2D eigenvalue weighted by Gasteiger charge is 2.04. The molecule has 1 aliphatic rings. The summed E-state index contributed by atoms with van der Waals surface area (Å²) in [6, 6.07) is 1.26. The summed E-state index contributed by atoms with van der Waals surface area (Å²) < 4.78 is 0. The smallest absolute Gasteiger partial charge is 0.108 e. The van der Waals surface area contributed by atoms with Crippen LogP contribution in [0.15, 0.2) is 17.1 Å². The first kappa shape index (κ1) is 10.5. The summed E-state index contributed by atoms with van der Waals surface area (Å²) in [6.07, 6.45) is 15.4. The van der Waals surface area contributed by atoms with Crippen LogP contribution < -0.4 is 0 Å². The predicted octanol–water partition coefficient (Wildman–Crippen LogP) is 3.91. The van der Waals surface area contributed by atoms with Crippen molar-refractivity contribution in [1.29, 1.82) is 0 Å². The molecule has 1 rings (SSSR count). The normalized spacial score (nSPS) is 15.8. The van der Waals surface area contributed by atoms with Crippen molar-refractivity contribution in [2.75, 3.05) is 0 Å². The van der Waals surface area contributed by atoms with Gasteiger partial charge in [-0.3, -0.25) is 4.99 Å². The van der Waals surface area contributed by atoms with Crippen LogP contribution in [0.25, 0.3) is 0 Å². The van der Waals surface area contributed by atoms with E-state index in [9.17, 15) is 0 Å². The van der Waals surface area contributed by atoms with Gasteiger partial charge in [0.25, 0.3) is 0 Å². The number of unbranched alkanes of at least 4 members (excludes halogenated alkanes) is 5. The second-order valence-corrected chi connectivity index (χ2v) is 3.65. The van der Waals surface area contributed by atoms with Crippen LogP contribution in [0, 0.1) is 6.04 Å². The van der Waals surface area contributed by atoms with Crippen LogP contribution in [-0.2, 0) is 0 Å². The summed E-state index contributed by atoms with van der Waals surface area (Å²) >= 11 is 0. The Morgan fingerprint density at radius 2 is 1.85 bits per heavy atom. The summed E-state index contributed by atoms with van der Waals surface area (Å²) in [5.41, 5.74) is 0. The van der Waals surface area contributed by atoms with Gasteiger partial charge in [-0.25, -0.2) is 0 Å². The molecule has 0 aromatic rings. The minimum Gasteiger partial charge on any atom is -0.279 e. The molecule has 1 radical (unpaired) electrons. The molecule has 0 saturated heterocycles. The van der Waals surface area contributed by atoms with Gasteiger partial charge in [0, 0.05) is 6.21 Å². The molecule has 0 aromatic heterocycles. The molecule has 0 amide bonds. The SMILES string of the molecule is CCCCCCCC[C]1C=CC=N1. The number of hydrogen-bond donors (Lipinski definition) is 0. The maximum atomic E-state index is 4.25. The van der Waals surface area contributed by atoms with E-state index in [0.717, 1.165) is 0 Å². The highest BCUT2D eigenvalue weighted by molar-refractivity contribution is 5.75. The highest BCUT2D eigenvalue weighted by Crippen LogP contribution is 2.18. The number of aliphatic imine (C=N–C) groups is 1. The van der Waals surface area contributed by atoms with Gasteiger partial charge in [-0.2, -0.15) is 0 Å². The van der Waals surface area contributed by atoms with Crippen LogP contribution >= 0.6 is 0 Å². The minimum absolute atomic E-state index is 1.17. The molecule has 0 fully saturated rings. The van der Waals surface area contributed by atoms with Gasteiger partial charge in [0.05, 0.1) is 0 Å². The molecule has 0 bridgehead atoms. The summed E-state index contributed by atoms with van der Waals surface area (Å²) in [5, 5.41) is 0. The van der Waals surface area contributed by atoms with E-state index in [1.165, 1.54) is 51.0 Å². The Morgan fingerprint density at radius 1 is 1.08 bits per heavy atom. The van der Waals surface area contributed by atoms with Crippen LogP contribution in [0.1, 0.15) is 51.9 Å². The average molecular weight is 178 g/mol. The Bertz CT molecular complexity index is 158. The zero-order chi connectivity index (χ0) is 9.36. The first-order chi connectivity index (χ1) is 6.43. The lowest BCUT2D eigenvalue weighted by Gasteiger charge is -2.02. The van der Waals surface area contributed by atoms with Gasteiger partial charge in [-0.1, -0.05) is 51.5 Å². The summed E-state index contributed by atoms with van der Waals surface area (Å²) in [4.78, 5) is 4.25. The summed E-state index contributed by atoms with van der Waals surface area (Å²) in [7, 11) is 0. The third kappa shape index (κ3) is 4.87. The van der Waals surface area contributed by atoms with Crippen molar-refractivity contribution in [3.8, 4) is 0 Å². The number of allylic oxidation sites excluding steroid dienone is 1. The fourth-order valence-electron chi connectivity index (χ4n) is 1.57. The van der Waals surface area contributed by atoms with E-state index in [2.05, 4.69) is 18.0 Å². The molecule has 1 heterocycles. The predicted molar refractivity (Wildman–Crippen MR) is 58.9 cm³/mol. The van der Waals surface area contributed by atoms with E-state index in [0.29, 0.717) is 0 Å². The van der Waals surface area contributed by atoms with Crippen molar-refractivity contribution in [3.63, 3.8) is 0 Å². The molecule has 1 heteroatoms. The van der Waals surface area contributed by atoms with Crippen molar-refractivity contribution < 1.29 is 0 Å². The zero-order valence-corrected chi connectivity index (χ0v) is 8.63. The fraction of sp³-hybridized carbons (Fsp3) is 0.667. The molecule has 0 aliphatic carbocycles. The van der Waals surface area contributed by atoms with Crippen LogP contribution in [0.4, 0.5) is 0 Å². The van der Waals surface area contributed by atoms with Crippen molar-refractivity contribution in [2.24, 2.45) is 4.99 Å². The van der Waals surface area contributed by atoms with E-state index in [1.54, 1.807) is 0 Å². The topological polar surface area (TPSA) is 12.4 Å². The highest BCUT2D eigenvalue weighted by atomic mass is 14.8. The Hall–Kier alpha value is -0.590. The van der Waals surface area contributed by atoms with Gasteiger partial charge in [0.15, 0.2) is 0 Å². The van der Waals surface area contributed by atoms with E-state index in [-0.39, 0.29) is 0 Å². The molecule has 0 atom stereocenters. The summed E-state index contributed by atoms with van der Waals surface area (Å²) in [6.45, 7) is 2.26. The number of nitrogens with zero attached hydrogens (tertiary/aromatic N) is 1. The zero-order valence-electron chi connectivity index (χ0n) is 8.63. The van der Waals surface area contributed by atoms with Crippen LogP contribution in [-0.4, -0.2) is 6.21 Å².